The van der Waals surface area contributed by atoms with Gasteiger partial charge >= 0.3 is 0 Å². The number of carbonyl (C=O) groups is 1. The lowest BCUT2D eigenvalue weighted by atomic mass is 10.3. The summed E-state index contributed by atoms with van der Waals surface area (Å²) in [6.45, 7) is 3.58. The minimum atomic E-state index is -0.405. The normalized spacial score (nSPS) is 10.1. The van der Waals surface area contributed by atoms with Gasteiger partial charge in [0.05, 0.1) is 5.69 Å². The molecule has 1 aromatic rings. The molecule has 0 bridgehead atoms. The van der Waals surface area contributed by atoms with E-state index in [4.69, 9.17) is 0 Å². The van der Waals surface area contributed by atoms with Crippen molar-refractivity contribution in [2.45, 2.75) is 19.8 Å². The highest BCUT2D eigenvalue weighted by molar-refractivity contribution is 5.90. The summed E-state index contributed by atoms with van der Waals surface area (Å²) >= 11 is 0. The highest BCUT2D eigenvalue weighted by Crippen LogP contribution is 2.12. The quantitative estimate of drug-likeness (QED) is 0.727. The Morgan fingerprint density at radius 2 is 2.06 bits per heavy atom. The zero-order valence-corrected chi connectivity index (χ0v) is 9.42. The number of amides is 1. The summed E-state index contributed by atoms with van der Waals surface area (Å²) < 4.78 is 13.2. The van der Waals surface area contributed by atoms with Crippen molar-refractivity contribution in [3.63, 3.8) is 0 Å². The van der Waals surface area contributed by atoms with E-state index in [-0.39, 0.29) is 11.6 Å². The van der Waals surface area contributed by atoms with Crippen molar-refractivity contribution >= 4 is 11.6 Å². The molecule has 0 unspecified atom stereocenters. The van der Waals surface area contributed by atoms with Gasteiger partial charge in [-0.2, -0.15) is 0 Å². The Labute approximate surface area is 95.0 Å². The van der Waals surface area contributed by atoms with Crippen LogP contribution in [0.15, 0.2) is 24.3 Å². The van der Waals surface area contributed by atoms with E-state index < -0.39 is 5.82 Å². The largest absolute Gasteiger partial charge is 0.324 e. The fraction of sp³-hybridized carbons (Fsp3) is 0.417. The number of hydrogen-bond donors (Lipinski definition) is 2. The second kappa shape index (κ2) is 6.95. The van der Waals surface area contributed by atoms with Gasteiger partial charge in [-0.25, -0.2) is 4.39 Å². The van der Waals surface area contributed by atoms with Crippen LogP contribution in [-0.2, 0) is 4.79 Å². The third kappa shape index (κ3) is 4.40. The molecule has 0 saturated carbocycles. The number of para-hydroxylation sites is 1. The standard InChI is InChI=1S/C12H17FN2O/c1-2-8-14-9-7-12(16)15-11-6-4-3-5-10(11)13/h3-6,14H,2,7-9H2,1H3,(H,15,16). The van der Waals surface area contributed by atoms with E-state index in [1.54, 1.807) is 18.2 Å². The van der Waals surface area contributed by atoms with E-state index in [0.29, 0.717) is 13.0 Å². The minimum Gasteiger partial charge on any atom is -0.324 e. The third-order valence-electron chi connectivity index (χ3n) is 2.10. The summed E-state index contributed by atoms with van der Waals surface area (Å²) in [6, 6.07) is 6.15. The number of hydrogen-bond acceptors (Lipinski definition) is 2. The molecule has 4 heteroatoms. The number of carbonyl (C=O) groups excluding carboxylic acids is 1. The van der Waals surface area contributed by atoms with Gasteiger partial charge in [0, 0.05) is 13.0 Å². The molecular formula is C12H17FN2O. The number of rotatable bonds is 6. The lowest BCUT2D eigenvalue weighted by Gasteiger charge is -2.06. The topological polar surface area (TPSA) is 41.1 Å². The van der Waals surface area contributed by atoms with Crippen molar-refractivity contribution in [2.75, 3.05) is 18.4 Å². The molecule has 0 fully saturated rings. The molecule has 1 aromatic carbocycles. The second-order valence-electron chi connectivity index (χ2n) is 3.53. The van der Waals surface area contributed by atoms with Crippen LogP contribution in [0.2, 0.25) is 0 Å². The predicted molar refractivity (Wildman–Crippen MR) is 62.8 cm³/mol. The summed E-state index contributed by atoms with van der Waals surface area (Å²) in [6.07, 6.45) is 1.39. The van der Waals surface area contributed by atoms with Gasteiger partial charge < -0.3 is 10.6 Å². The van der Waals surface area contributed by atoms with Gasteiger partial charge in [-0.1, -0.05) is 19.1 Å². The highest BCUT2D eigenvalue weighted by atomic mass is 19.1. The first-order valence-corrected chi connectivity index (χ1v) is 5.49. The Kier molecular flexibility index (Phi) is 5.50. The van der Waals surface area contributed by atoms with E-state index in [1.165, 1.54) is 6.07 Å². The van der Waals surface area contributed by atoms with Gasteiger partial charge in [-0.15, -0.1) is 0 Å². The number of anilines is 1. The van der Waals surface area contributed by atoms with Gasteiger partial charge in [0.15, 0.2) is 0 Å². The van der Waals surface area contributed by atoms with Crippen LogP contribution in [0.25, 0.3) is 0 Å². The van der Waals surface area contributed by atoms with Gasteiger partial charge in [0.2, 0.25) is 5.91 Å². The first-order chi connectivity index (χ1) is 7.74. The van der Waals surface area contributed by atoms with Crippen molar-refractivity contribution in [1.29, 1.82) is 0 Å². The molecule has 0 aliphatic rings. The van der Waals surface area contributed by atoms with Crippen molar-refractivity contribution in [1.82, 2.24) is 5.32 Å². The second-order valence-corrected chi connectivity index (χ2v) is 3.53. The van der Waals surface area contributed by atoms with Gasteiger partial charge in [-0.3, -0.25) is 4.79 Å². The Balaban J connectivity index is 2.32. The molecule has 0 heterocycles. The predicted octanol–water partition coefficient (Wildman–Crippen LogP) is 2.15. The number of benzene rings is 1. The van der Waals surface area contributed by atoms with Crippen LogP contribution in [0.3, 0.4) is 0 Å². The number of halogens is 1. The van der Waals surface area contributed by atoms with Crippen LogP contribution in [-0.4, -0.2) is 19.0 Å². The summed E-state index contributed by atoms with van der Waals surface area (Å²) in [4.78, 5) is 11.4. The van der Waals surface area contributed by atoms with Gasteiger partial charge in [0.1, 0.15) is 5.82 Å². The molecule has 0 aliphatic carbocycles. The Morgan fingerprint density at radius 1 is 1.31 bits per heavy atom. The SMILES string of the molecule is CCCNCCC(=O)Nc1ccccc1F. The Bertz CT molecular complexity index is 342. The molecule has 16 heavy (non-hydrogen) atoms. The Hall–Kier alpha value is -1.42. The van der Waals surface area contributed by atoms with Gasteiger partial charge in [0.25, 0.3) is 0 Å². The molecule has 0 aromatic heterocycles. The summed E-state index contributed by atoms with van der Waals surface area (Å²) in [5, 5.41) is 5.64. The lowest BCUT2D eigenvalue weighted by Crippen LogP contribution is -2.22. The summed E-state index contributed by atoms with van der Waals surface area (Å²) in [7, 11) is 0. The van der Waals surface area contributed by atoms with Crippen LogP contribution in [0.4, 0.5) is 10.1 Å². The van der Waals surface area contributed by atoms with Crippen molar-refractivity contribution in [2.24, 2.45) is 0 Å². The molecule has 0 atom stereocenters. The van der Waals surface area contributed by atoms with Crippen molar-refractivity contribution in [3.8, 4) is 0 Å². The van der Waals surface area contributed by atoms with Crippen molar-refractivity contribution < 1.29 is 9.18 Å². The maximum Gasteiger partial charge on any atom is 0.225 e. The van der Waals surface area contributed by atoms with Crippen LogP contribution in [0.5, 0.6) is 0 Å². The maximum absolute atomic E-state index is 13.2. The molecular weight excluding hydrogens is 207 g/mol. The summed E-state index contributed by atoms with van der Waals surface area (Å²) in [5.74, 6) is -0.578. The third-order valence-corrected chi connectivity index (χ3v) is 2.10. The first-order valence-electron chi connectivity index (χ1n) is 5.49. The van der Waals surface area contributed by atoms with Crippen LogP contribution in [0.1, 0.15) is 19.8 Å². The van der Waals surface area contributed by atoms with Crippen LogP contribution < -0.4 is 10.6 Å². The zero-order chi connectivity index (χ0) is 11.8. The van der Waals surface area contributed by atoms with Gasteiger partial charge in [-0.05, 0) is 25.1 Å². The Morgan fingerprint density at radius 3 is 2.75 bits per heavy atom. The van der Waals surface area contributed by atoms with Crippen LogP contribution in [0, 0.1) is 5.82 Å². The highest BCUT2D eigenvalue weighted by Gasteiger charge is 2.05. The van der Waals surface area contributed by atoms with E-state index in [0.717, 1.165) is 13.0 Å². The number of nitrogens with one attached hydrogen (secondary N) is 2. The molecule has 2 N–H and O–H groups in total. The van der Waals surface area contributed by atoms with E-state index in [9.17, 15) is 9.18 Å². The van der Waals surface area contributed by atoms with E-state index in [1.807, 2.05) is 0 Å². The average molecular weight is 224 g/mol. The zero-order valence-electron chi connectivity index (χ0n) is 9.42. The molecule has 0 aliphatic heterocycles. The summed E-state index contributed by atoms with van der Waals surface area (Å²) in [5.41, 5.74) is 0.239. The molecule has 0 saturated heterocycles. The minimum absolute atomic E-state index is 0.172. The maximum atomic E-state index is 13.2. The molecule has 3 nitrogen and oxygen atoms in total. The fourth-order valence-electron chi connectivity index (χ4n) is 1.28. The van der Waals surface area contributed by atoms with Crippen LogP contribution >= 0.6 is 0 Å². The van der Waals surface area contributed by atoms with Crippen molar-refractivity contribution in [3.05, 3.63) is 30.1 Å². The lowest BCUT2D eigenvalue weighted by molar-refractivity contribution is -0.116. The fourth-order valence-corrected chi connectivity index (χ4v) is 1.28. The monoisotopic (exact) mass is 224 g/mol. The van der Waals surface area contributed by atoms with E-state index >= 15 is 0 Å². The molecule has 1 rings (SSSR count). The van der Waals surface area contributed by atoms with E-state index in [2.05, 4.69) is 17.6 Å². The average Bonchev–Trinajstić information content (AvgIpc) is 2.28. The molecule has 88 valence electrons. The first kappa shape index (κ1) is 12.6. The smallest absolute Gasteiger partial charge is 0.225 e. The molecule has 1 amide bonds. The molecule has 0 radical (unpaired) electrons. The molecule has 0 spiro atoms.